The van der Waals surface area contributed by atoms with Crippen LogP contribution in [0.5, 0.6) is 0 Å². The minimum absolute atomic E-state index is 0.0340. The lowest BCUT2D eigenvalue weighted by molar-refractivity contribution is -0.137. The molecule has 0 spiro atoms. The number of aromatic nitrogens is 1. The second-order valence-corrected chi connectivity index (χ2v) is 10.6. The summed E-state index contributed by atoms with van der Waals surface area (Å²) in [6.45, 7) is 0. The van der Waals surface area contributed by atoms with Crippen molar-refractivity contribution in [3.05, 3.63) is 58.8 Å². The van der Waals surface area contributed by atoms with Crippen LogP contribution in [-0.2, 0) is 11.0 Å². The maximum Gasteiger partial charge on any atom is 0.416 e. The van der Waals surface area contributed by atoms with Gasteiger partial charge in [0.1, 0.15) is 0 Å². The van der Waals surface area contributed by atoms with Gasteiger partial charge in [-0.05, 0) is 73.9 Å². The summed E-state index contributed by atoms with van der Waals surface area (Å²) in [5.41, 5.74) is 0.383. The summed E-state index contributed by atoms with van der Waals surface area (Å²) in [4.78, 5) is 21.2. The molecule has 186 valence electrons. The minimum atomic E-state index is -4.41. The van der Waals surface area contributed by atoms with Crippen LogP contribution in [0.2, 0.25) is 0 Å². The third-order valence-electron chi connectivity index (χ3n) is 7.16. The molecule has 1 aromatic carbocycles. The van der Waals surface area contributed by atoms with Gasteiger partial charge in [-0.2, -0.15) is 13.2 Å². The lowest BCUT2D eigenvalue weighted by Gasteiger charge is -2.31. The van der Waals surface area contributed by atoms with Gasteiger partial charge in [0.05, 0.1) is 16.5 Å². The van der Waals surface area contributed by atoms with Gasteiger partial charge in [0.15, 0.2) is 5.17 Å². The summed E-state index contributed by atoms with van der Waals surface area (Å²) in [7, 11) is 0. The number of thioether (sulfide) groups is 1. The molecule has 5 rings (SSSR count). The molecular formula is C27H30F3N3OS. The number of nitrogens with zero attached hydrogens (tertiary/aromatic N) is 3. The van der Waals surface area contributed by atoms with Crippen LogP contribution in [0.15, 0.2) is 52.5 Å². The number of halogens is 3. The Hall–Kier alpha value is -2.48. The lowest BCUT2D eigenvalue weighted by atomic mass is 9.94. The minimum Gasteiger partial charge on any atom is -0.317 e. The van der Waals surface area contributed by atoms with Gasteiger partial charge < -0.3 is 4.57 Å². The van der Waals surface area contributed by atoms with E-state index < -0.39 is 11.7 Å². The molecule has 2 aliphatic carbocycles. The van der Waals surface area contributed by atoms with Crippen LogP contribution in [0.1, 0.15) is 75.5 Å². The highest BCUT2D eigenvalue weighted by Crippen LogP contribution is 2.39. The highest BCUT2D eigenvalue weighted by molar-refractivity contribution is 8.18. The highest BCUT2D eigenvalue weighted by Gasteiger charge is 2.39. The largest absolute Gasteiger partial charge is 0.416 e. The first-order chi connectivity index (χ1) is 16.9. The van der Waals surface area contributed by atoms with Gasteiger partial charge in [-0.25, -0.2) is 0 Å². The fraction of sp³-hybridized carbons (Fsp3) is 0.481. The number of alkyl halides is 3. The van der Waals surface area contributed by atoms with Crippen molar-refractivity contribution in [2.45, 2.75) is 82.5 Å². The SMILES string of the molecule is O=C1C(=Cc2cccn2-c2cccc(C(F)(F)F)c2)SC(=NC2CCCCC2)N1C1CCCCC1. The topological polar surface area (TPSA) is 37.6 Å². The molecule has 0 N–H and O–H groups in total. The summed E-state index contributed by atoms with van der Waals surface area (Å²) in [5.74, 6) is -0.0340. The second-order valence-electron chi connectivity index (χ2n) is 9.63. The number of carbonyl (C=O) groups is 1. The quantitative estimate of drug-likeness (QED) is 0.409. The number of carbonyl (C=O) groups excluding carboxylic acids is 1. The zero-order valence-electron chi connectivity index (χ0n) is 19.6. The average Bonchev–Trinajstić information content (AvgIpc) is 3.44. The number of hydrogen-bond acceptors (Lipinski definition) is 3. The number of aliphatic imine (C=N–C) groups is 1. The molecular weight excluding hydrogens is 471 g/mol. The molecule has 1 aromatic heterocycles. The van der Waals surface area contributed by atoms with Crippen molar-refractivity contribution < 1.29 is 18.0 Å². The van der Waals surface area contributed by atoms with Crippen molar-refractivity contribution in [2.75, 3.05) is 0 Å². The predicted molar refractivity (Wildman–Crippen MR) is 134 cm³/mol. The van der Waals surface area contributed by atoms with Gasteiger partial charge in [-0.3, -0.25) is 14.7 Å². The molecule has 4 nitrogen and oxygen atoms in total. The first-order valence-electron chi connectivity index (χ1n) is 12.6. The summed E-state index contributed by atoms with van der Waals surface area (Å²) < 4.78 is 41.5. The molecule has 2 saturated carbocycles. The van der Waals surface area contributed by atoms with E-state index in [9.17, 15) is 18.0 Å². The Labute approximate surface area is 208 Å². The van der Waals surface area contributed by atoms with Gasteiger partial charge in [-0.15, -0.1) is 0 Å². The average molecular weight is 502 g/mol. The maximum absolute atomic E-state index is 13.6. The Morgan fingerprint density at radius 1 is 0.943 bits per heavy atom. The van der Waals surface area contributed by atoms with Gasteiger partial charge in [0, 0.05) is 23.6 Å². The molecule has 2 heterocycles. The zero-order valence-corrected chi connectivity index (χ0v) is 20.5. The van der Waals surface area contributed by atoms with Crippen LogP contribution in [0.25, 0.3) is 11.8 Å². The second kappa shape index (κ2) is 10.2. The van der Waals surface area contributed by atoms with Crippen molar-refractivity contribution >= 4 is 28.9 Å². The molecule has 0 atom stereocenters. The first-order valence-corrected chi connectivity index (χ1v) is 13.4. The summed E-state index contributed by atoms with van der Waals surface area (Å²) in [5, 5.41) is 0.803. The van der Waals surface area contributed by atoms with Crippen LogP contribution in [0.4, 0.5) is 13.2 Å². The third-order valence-corrected chi connectivity index (χ3v) is 8.15. The van der Waals surface area contributed by atoms with Crippen LogP contribution >= 0.6 is 11.8 Å². The van der Waals surface area contributed by atoms with Gasteiger partial charge in [0.25, 0.3) is 5.91 Å². The molecule has 35 heavy (non-hydrogen) atoms. The normalized spacial score (nSPS) is 23.1. The molecule has 3 aliphatic rings. The van der Waals surface area contributed by atoms with Crippen LogP contribution < -0.4 is 0 Å². The summed E-state index contributed by atoms with van der Waals surface area (Å²) >= 11 is 1.42. The molecule has 1 amide bonds. The molecule has 2 aromatic rings. The standard InChI is InChI=1S/C27H30F3N3OS/c28-27(29,30)19-9-7-14-22(17-19)32-16-8-15-23(32)18-24-25(34)33(21-12-5-2-6-13-21)26(35-24)31-20-10-3-1-4-11-20/h7-9,14-18,20-21H,1-6,10-13H2. The summed E-state index contributed by atoms with van der Waals surface area (Å²) in [6.07, 6.45) is 10.3. The predicted octanol–water partition coefficient (Wildman–Crippen LogP) is 7.43. The molecule has 3 fully saturated rings. The Bertz CT molecular complexity index is 1120. The number of benzene rings is 1. The van der Waals surface area contributed by atoms with Gasteiger partial charge >= 0.3 is 6.18 Å². The molecule has 1 aliphatic heterocycles. The van der Waals surface area contributed by atoms with Gasteiger partial charge in [0.2, 0.25) is 0 Å². The van der Waals surface area contributed by atoms with E-state index in [1.807, 2.05) is 11.0 Å². The molecule has 1 saturated heterocycles. The molecule has 8 heteroatoms. The number of amides is 1. The first kappa shape index (κ1) is 24.2. The van der Waals surface area contributed by atoms with Crippen LogP contribution in [0, 0.1) is 0 Å². The fourth-order valence-corrected chi connectivity index (χ4v) is 6.41. The fourth-order valence-electron chi connectivity index (χ4n) is 5.32. The van der Waals surface area contributed by atoms with Crippen LogP contribution in [0.3, 0.4) is 0 Å². The smallest absolute Gasteiger partial charge is 0.317 e. The summed E-state index contributed by atoms with van der Waals surface area (Å²) in [6, 6.07) is 9.29. The Kier molecular flexibility index (Phi) is 7.09. The van der Waals surface area contributed by atoms with E-state index in [4.69, 9.17) is 4.99 Å². The Morgan fingerprint density at radius 2 is 1.66 bits per heavy atom. The molecule has 0 radical (unpaired) electrons. The van der Waals surface area contributed by atoms with Crippen molar-refractivity contribution in [1.82, 2.24) is 9.47 Å². The highest BCUT2D eigenvalue weighted by atomic mass is 32.2. The number of amidine groups is 1. The van der Waals surface area contributed by atoms with Crippen molar-refractivity contribution in [2.24, 2.45) is 4.99 Å². The van der Waals surface area contributed by atoms with Crippen molar-refractivity contribution in [1.29, 1.82) is 0 Å². The van der Waals surface area contributed by atoms with E-state index in [1.165, 1.54) is 43.5 Å². The van der Waals surface area contributed by atoms with Gasteiger partial charge in [-0.1, -0.05) is 44.6 Å². The van der Waals surface area contributed by atoms with Crippen molar-refractivity contribution in [3.63, 3.8) is 0 Å². The maximum atomic E-state index is 13.6. The van der Waals surface area contributed by atoms with E-state index in [0.29, 0.717) is 16.3 Å². The Morgan fingerprint density at radius 3 is 2.37 bits per heavy atom. The zero-order chi connectivity index (χ0) is 24.4. The molecule has 0 unspecified atom stereocenters. The monoisotopic (exact) mass is 501 g/mol. The number of hydrogen-bond donors (Lipinski definition) is 0. The van der Waals surface area contributed by atoms with E-state index in [-0.39, 0.29) is 18.0 Å². The Balaban J connectivity index is 1.47. The lowest BCUT2D eigenvalue weighted by Crippen LogP contribution is -2.41. The van der Waals surface area contributed by atoms with Crippen LogP contribution in [-0.4, -0.2) is 32.6 Å². The van der Waals surface area contributed by atoms with E-state index in [1.54, 1.807) is 29.0 Å². The number of rotatable bonds is 4. The van der Waals surface area contributed by atoms with Crippen molar-refractivity contribution in [3.8, 4) is 5.69 Å². The van der Waals surface area contributed by atoms with E-state index >= 15 is 0 Å². The van der Waals surface area contributed by atoms with E-state index in [0.717, 1.165) is 55.8 Å². The van der Waals surface area contributed by atoms with E-state index in [2.05, 4.69) is 0 Å². The third kappa shape index (κ3) is 5.37. The molecule has 0 bridgehead atoms.